The van der Waals surface area contributed by atoms with E-state index in [2.05, 4.69) is 40.5 Å². The maximum absolute atomic E-state index is 12.8. The molecular weight excluding hydrogens is 362 g/mol. The summed E-state index contributed by atoms with van der Waals surface area (Å²) < 4.78 is 5.34. The van der Waals surface area contributed by atoms with Crippen LogP contribution in [0.4, 0.5) is 11.4 Å². The maximum Gasteiger partial charge on any atom is 0.282 e. The summed E-state index contributed by atoms with van der Waals surface area (Å²) in [7, 11) is 1.69. The predicted octanol–water partition coefficient (Wildman–Crippen LogP) is 2.58. The standard InChI is InChI=1S/C24H27N3O2/c1-18(24(28)25-21-11-10-19-6-3-4-7-20(19)16-21)26-12-14-27(15-13-26)22-8-5-9-23(17-22)29-2/h3-11,16-18H,12-15H2,1-2H3,(H,25,28)/p+1/t18-/m0/s1. The zero-order valence-electron chi connectivity index (χ0n) is 17.0. The minimum atomic E-state index is -0.0890. The summed E-state index contributed by atoms with van der Waals surface area (Å²) in [5.41, 5.74) is 2.03. The number of hydrogen-bond donors (Lipinski definition) is 2. The quantitative estimate of drug-likeness (QED) is 0.704. The van der Waals surface area contributed by atoms with Crippen molar-refractivity contribution in [1.29, 1.82) is 0 Å². The highest BCUT2D eigenvalue weighted by Crippen LogP contribution is 2.21. The van der Waals surface area contributed by atoms with Crippen LogP contribution in [-0.4, -0.2) is 45.2 Å². The fourth-order valence-electron chi connectivity index (χ4n) is 4.00. The molecule has 1 aliphatic heterocycles. The molecule has 0 spiro atoms. The van der Waals surface area contributed by atoms with Crippen molar-refractivity contribution in [3.05, 3.63) is 66.7 Å². The molecule has 2 N–H and O–H groups in total. The van der Waals surface area contributed by atoms with E-state index < -0.39 is 0 Å². The summed E-state index contributed by atoms with van der Waals surface area (Å²) in [4.78, 5) is 16.5. The number of nitrogens with one attached hydrogen (secondary N) is 2. The van der Waals surface area contributed by atoms with Crippen molar-refractivity contribution in [3.63, 3.8) is 0 Å². The summed E-state index contributed by atoms with van der Waals surface area (Å²) in [5.74, 6) is 0.950. The zero-order valence-corrected chi connectivity index (χ0v) is 17.0. The minimum Gasteiger partial charge on any atom is -0.497 e. The van der Waals surface area contributed by atoms with Gasteiger partial charge in [-0.05, 0) is 42.0 Å². The Bertz CT molecular complexity index is 996. The van der Waals surface area contributed by atoms with Gasteiger partial charge in [0.1, 0.15) is 5.75 Å². The first-order valence-corrected chi connectivity index (χ1v) is 10.2. The number of anilines is 2. The Balaban J connectivity index is 1.35. The number of carbonyl (C=O) groups is 1. The maximum atomic E-state index is 12.8. The van der Waals surface area contributed by atoms with Crippen LogP contribution in [0.1, 0.15) is 6.92 Å². The van der Waals surface area contributed by atoms with Crippen LogP contribution in [0.5, 0.6) is 5.75 Å². The van der Waals surface area contributed by atoms with Gasteiger partial charge < -0.3 is 19.9 Å². The molecule has 3 aromatic carbocycles. The minimum absolute atomic E-state index is 0.0742. The van der Waals surface area contributed by atoms with Gasteiger partial charge in [-0.2, -0.15) is 0 Å². The second-order valence-electron chi connectivity index (χ2n) is 7.62. The number of methoxy groups -OCH3 is 1. The highest BCUT2D eigenvalue weighted by molar-refractivity contribution is 5.96. The zero-order chi connectivity index (χ0) is 20.2. The molecule has 1 heterocycles. The molecule has 4 rings (SSSR count). The summed E-state index contributed by atoms with van der Waals surface area (Å²) in [5, 5.41) is 5.41. The number of amides is 1. The Morgan fingerprint density at radius 1 is 1.00 bits per heavy atom. The van der Waals surface area contributed by atoms with Crippen LogP contribution in [0.2, 0.25) is 0 Å². The molecule has 1 amide bonds. The van der Waals surface area contributed by atoms with E-state index in [1.54, 1.807) is 7.11 Å². The number of hydrogen-bond acceptors (Lipinski definition) is 3. The lowest BCUT2D eigenvalue weighted by molar-refractivity contribution is -0.914. The Morgan fingerprint density at radius 2 is 1.76 bits per heavy atom. The van der Waals surface area contributed by atoms with Crippen molar-refractivity contribution in [1.82, 2.24) is 0 Å². The van der Waals surface area contributed by atoms with Crippen molar-refractivity contribution in [2.45, 2.75) is 13.0 Å². The smallest absolute Gasteiger partial charge is 0.282 e. The molecule has 29 heavy (non-hydrogen) atoms. The van der Waals surface area contributed by atoms with Crippen LogP contribution in [0.15, 0.2) is 66.7 Å². The Labute approximate surface area is 171 Å². The van der Waals surface area contributed by atoms with E-state index in [-0.39, 0.29) is 11.9 Å². The first kappa shape index (κ1) is 19.3. The molecule has 5 heteroatoms. The van der Waals surface area contributed by atoms with Gasteiger partial charge in [0.2, 0.25) is 0 Å². The molecule has 1 atom stereocenters. The summed E-state index contributed by atoms with van der Waals surface area (Å²) >= 11 is 0. The van der Waals surface area contributed by atoms with Crippen molar-refractivity contribution in [2.75, 3.05) is 43.5 Å². The third-order valence-electron chi connectivity index (χ3n) is 5.85. The molecular formula is C24H28N3O2+. The van der Waals surface area contributed by atoms with Gasteiger partial charge in [-0.1, -0.05) is 36.4 Å². The summed E-state index contributed by atoms with van der Waals surface area (Å²) in [6, 6.07) is 22.3. The SMILES string of the molecule is COc1cccc(N2CC[NH+]([C@@H](C)C(=O)Nc3ccc4ccccc4c3)CC2)c1. The molecule has 150 valence electrons. The van der Waals surface area contributed by atoms with Gasteiger partial charge in [0.15, 0.2) is 6.04 Å². The topological polar surface area (TPSA) is 46.0 Å². The molecule has 0 aliphatic carbocycles. The lowest BCUT2D eigenvalue weighted by Gasteiger charge is -2.36. The van der Waals surface area contributed by atoms with Crippen molar-refractivity contribution in [3.8, 4) is 5.75 Å². The normalized spacial score (nSPS) is 15.9. The molecule has 0 aromatic heterocycles. The van der Waals surface area contributed by atoms with Gasteiger partial charge in [-0.15, -0.1) is 0 Å². The van der Waals surface area contributed by atoms with Crippen LogP contribution < -0.4 is 19.9 Å². The number of carbonyl (C=O) groups excluding carboxylic acids is 1. The van der Waals surface area contributed by atoms with E-state index in [0.29, 0.717) is 0 Å². The van der Waals surface area contributed by atoms with Crippen LogP contribution in [-0.2, 0) is 4.79 Å². The van der Waals surface area contributed by atoms with E-state index >= 15 is 0 Å². The lowest BCUT2D eigenvalue weighted by atomic mass is 10.1. The third kappa shape index (κ3) is 4.35. The molecule has 1 fully saturated rings. The van der Waals surface area contributed by atoms with E-state index in [4.69, 9.17) is 4.74 Å². The third-order valence-corrected chi connectivity index (χ3v) is 5.85. The molecule has 1 aliphatic rings. The largest absolute Gasteiger partial charge is 0.497 e. The van der Waals surface area contributed by atoms with Crippen molar-refractivity contribution >= 4 is 28.1 Å². The lowest BCUT2D eigenvalue weighted by Crippen LogP contribution is -3.19. The highest BCUT2D eigenvalue weighted by Gasteiger charge is 2.29. The number of fused-ring (bicyclic) bond motifs is 1. The van der Waals surface area contributed by atoms with Crippen molar-refractivity contribution in [2.24, 2.45) is 0 Å². The summed E-state index contributed by atoms with van der Waals surface area (Å²) in [6.07, 6.45) is 0. The van der Waals surface area contributed by atoms with Gasteiger partial charge in [0, 0.05) is 17.4 Å². The molecule has 0 saturated carbocycles. The van der Waals surface area contributed by atoms with E-state index in [0.717, 1.165) is 43.0 Å². The Hall–Kier alpha value is -3.05. The molecule has 0 unspecified atom stereocenters. The molecule has 5 nitrogen and oxygen atoms in total. The second-order valence-corrected chi connectivity index (χ2v) is 7.62. The van der Waals surface area contributed by atoms with Gasteiger partial charge in [0.05, 0.1) is 33.3 Å². The van der Waals surface area contributed by atoms with Gasteiger partial charge in [-0.3, -0.25) is 4.79 Å². The number of nitrogens with zero attached hydrogens (tertiary/aromatic N) is 1. The van der Waals surface area contributed by atoms with E-state index in [9.17, 15) is 4.79 Å². The average Bonchev–Trinajstić information content (AvgIpc) is 2.78. The van der Waals surface area contributed by atoms with Gasteiger partial charge in [0.25, 0.3) is 5.91 Å². The van der Waals surface area contributed by atoms with E-state index in [1.165, 1.54) is 16.0 Å². The second kappa shape index (κ2) is 8.53. The molecule has 0 radical (unpaired) electrons. The first-order valence-electron chi connectivity index (χ1n) is 10.2. The monoisotopic (exact) mass is 390 g/mol. The first-order chi connectivity index (χ1) is 14.1. The van der Waals surface area contributed by atoms with Crippen LogP contribution >= 0.6 is 0 Å². The number of ether oxygens (including phenoxy) is 1. The number of rotatable bonds is 5. The highest BCUT2D eigenvalue weighted by atomic mass is 16.5. The van der Waals surface area contributed by atoms with Gasteiger partial charge >= 0.3 is 0 Å². The van der Waals surface area contributed by atoms with Crippen LogP contribution in [0, 0.1) is 0 Å². The van der Waals surface area contributed by atoms with E-state index in [1.807, 2.05) is 43.3 Å². The number of benzene rings is 3. The number of quaternary nitrogens is 1. The molecule has 0 bridgehead atoms. The van der Waals surface area contributed by atoms with Crippen LogP contribution in [0.25, 0.3) is 10.8 Å². The Morgan fingerprint density at radius 3 is 2.52 bits per heavy atom. The van der Waals surface area contributed by atoms with Crippen LogP contribution in [0.3, 0.4) is 0 Å². The Kier molecular flexibility index (Phi) is 5.67. The predicted molar refractivity (Wildman–Crippen MR) is 118 cm³/mol. The molecule has 3 aromatic rings. The molecule has 1 saturated heterocycles. The van der Waals surface area contributed by atoms with Gasteiger partial charge in [-0.25, -0.2) is 0 Å². The fraction of sp³-hybridized carbons (Fsp3) is 0.292. The number of piperazine rings is 1. The van der Waals surface area contributed by atoms with Crippen molar-refractivity contribution < 1.29 is 14.4 Å². The average molecular weight is 391 g/mol. The summed E-state index contributed by atoms with van der Waals surface area (Å²) in [6.45, 7) is 5.74. The fourth-order valence-corrected chi connectivity index (χ4v) is 4.00.